The number of benzene rings is 1. The molecule has 7 heteroatoms. The minimum atomic E-state index is -0.135. The largest absolute Gasteiger partial charge is 0.360 e. The molecule has 0 aliphatic rings. The first-order valence-corrected chi connectivity index (χ1v) is 10.8. The summed E-state index contributed by atoms with van der Waals surface area (Å²) in [6.07, 6.45) is 4.28. The van der Waals surface area contributed by atoms with Gasteiger partial charge in [-0.05, 0) is 42.5 Å². The summed E-state index contributed by atoms with van der Waals surface area (Å²) in [5, 5.41) is 6.72. The van der Waals surface area contributed by atoms with Crippen LogP contribution < -0.4 is 0 Å². The Morgan fingerprint density at radius 3 is 2.77 bits per heavy atom. The summed E-state index contributed by atoms with van der Waals surface area (Å²) >= 11 is 8.06. The lowest BCUT2D eigenvalue weighted by atomic mass is 10.0. The molecule has 0 N–H and O–H groups in total. The summed E-state index contributed by atoms with van der Waals surface area (Å²) in [5.41, 5.74) is 2.55. The van der Waals surface area contributed by atoms with Crippen LogP contribution in [0.3, 0.4) is 0 Å². The van der Waals surface area contributed by atoms with Crippen LogP contribution in [0.25, 0.3) is 11.3 Å². The van der Waals surface area contributed by atoms with E-state index in [1.807, 2.05) is 46.7 Å². The van der Waals surface area contributed by atoms with E-state index in [4.69, 9.17) is 16.1 Å². The topological polar surface area (TPSA) is 59.2 Å². The van der Waals surface area contributed by atoms with Gasteiger partial charge in [0.05, 0.1) is 5.02 Å². The fraction of sp³-hybridized carbons (Fsp3) is 0.174. The monoisotopic (exact) mass is 437 g/mol. The third kappa shape index (κ3) is 4.45. The average Bonchev–Trinajstić information content (AvgIpc) is 3.41. The predicted octanol–water partition coefficient (Wildman–Crippen LogP) is 5.65. The van der Waals surface area contributed by atoms with E-state index in [-0.39, 0.29) is 5.91 Å². The second-order valence-electron chi connectivity index (χ2n) is 6.86. The molecule has 5 nitrogen and oxygen atoms in total. The highest BCUT2D eigenvalue weighted by molar-refractivity contribution is 7.09. The number of carbonyl (C=O) groups excluding carboxylic acids is 1. The molecular weight excluding hydrogens is 418 g/mol. The van der Waals surface area contributed by atoms with Gasteiger partial charge in [0.2, 0.25) is 0 Å². The van der Waals surface area contributed by atoms with E-state index >= 15 is 0 Å². The van der Waals surface area contributed by atoms with Crippen LogP contribution in [0, 0.1) is 6.92 Å². The number of carbonyl (C=O) groups is 1. The van der Waals surface area contributed by atoms with Crippen LogP contribution in [0.15, 0.2) is 70.8 Å². The minimum absolute atomic E-state index is 0.135. The number of amides is 1. The molecule has 0 fully saturated rings. The van der Waals surface area contributed by atoms with E-state index in [0.29, 0.717) is 40.7 Å². The molecule has 1 amide bonds. The number of hydrogen-bond acceptors (Lipinski definition) is 5. The Kier molecular flexibility index (Phi) is 6.26. The Hall–Kier alpha value is -2.96. The molecule has 0 bridgehead atoms. The van der Waals surface area contributed by atoms with Crippen LogP contribution in [0.5, 0.6) is 0 Å². The molecule has 0 radical (unpaired) electrons. The van der Waals surface area contributed by atoms with Gasteiger partial charge in [0, 0.05) is 35.9 Å². The van der Waals surface area contributed by atoms with Crippen LogP contribution in [0.4, 0.5) is 0 Å². The number of thiophene rings is 1. The summed E-state index contributed by atoms with van der Waals surface area (Å²) in [7, 11) is 0. The zero-order valence-corrected chi connectivity index (χ0v) is 18.0. The second-order valence-corrected chi connectivity index (χ2v) is 8.30. The number of aryl methyl sites for hydroxylation is 1. The molecule has 152 valence electrons. The minimum Gasteiger partial charge on any atom is -0.360 e. The molecule has 3 heterocycles. The highest BCUT2D eigenvalue weighted by Crippen LogP contribution is 2.32. The number of hydrogen-bond donors (Lipinski definition) is 0. The summed E-state index contributed by atoms with van der Waals surface area (Å²) in [6.45, 7) is 2.77. The van der Waals surface area contributed by atoms with Crippen molar-refractivity contribution >= 4 is 28.8 Å². The van der Waals surface area contributed by atoms with Crippen LogP contribution in [0.2, 0.25) is 5.02 Å². The van der Waals surface area contributed by atoms with Crippen molar-refractivity contribution in [2.24, 2.45) is 0 Å². The van der Waals surface area contributed by atoms with Crippen molar-refractivity contribution in [1.82, 2.24) is 15.0 Å². The zero-order valence-electron chi connectivity index (χ0n) is 16.4. The Bertz CT molecular complexity index is 1130. The van der Waals surface area contributed by atoms with Crippen molar-refractivity contribution < 1.29 is 9.32 Å². The Balaban J connectivity index is 1.67. The van der Waals surface area contributed by atoms with Crippen molar-refractivity contribution in [3.05, 3.63) is 93.1 Å². The maximum atomic E-state index is 13.7. The molecule has 1 aromatic carbocycles. The molecule has 4 aromatic rings. The molecule has 0 aliphatic carbocycles. The van der Waals surface area contributed by atoms with E-state index in [0.717, 1.165) is 12.0 Å². The lowest BCUT2D eigenvalue weighted by molar-refractivity contribution is 0.0744. The van der Waals surface area contributed by atoms with Gasteiger partial charge in [-0.3, -0.25) is 9.78 Å². The van der Waals surface area contributed by atoms with Crippen molar-refractivity contribution in [3.63, 3.8) is 0 Å². The number of rotatable bonds is 7. The maximum Gasteiger partial charge on any atom is 0.260 e. The number of nitrogens with zero attached hydrogens (tertiary/aromatic N) is 3. The van der Waals surface area contributed by atoms with E-state index in [1.165, 1.54) is 4.88 Å². The highest BCUT2D eigenvalue weighted by Gasteiger charge is 2.27. The van der Waals surface area contributed by atoms with E-state index in [9.17, 15) is 4.79 Å². The second kappa shape index (κ2) is 9.24. The van der Waals surface area contributed by atoms with Crippen molar-refractivity contribution in [3.8, 4) is 11.3 Å². The molecule has 0 atom stereocenters. The van der Waals surface area contributed by atoms with E-state index in [2.05, 4.69) is 16.2 Å². The fourth-order valence-corrected chi connectivity index (χ4v) is 4.21. The highest BCUT2D eigenvalue weighted by atomic mass is 35.5. The van der Waals surface area contributed by atoms with E-state index in [1.54, 1.807) is 36.7 Å². The Morgan fingerprint density at radius 2 is 2.03 bits per heavy atom. The van der Waals surface area contributed by atoms with Crippen molar-refractivity contribution in [2.45, 2.75) is 19.9 Å². The molecule has 0 spiro atoms. The van der Waals surface area contributed by atoms with Gasteiger partial charge in [-0.15, -0.1) is 11.3 Å². The molecule has 0 unspecified atom stereocenters. The van der Waals surface area contributed by atoms with Gasteiger partial charge in [-0.25, -0.2) is 0 Å². The number of aromatic nitrogens is 2. The molecular formula is C23H20ClN3O2S. The van der Waals surface area contributed by atoms with Crippen LogP contribution in [0.1, 0.15) is 26.6 Å². The summed E-state index contributed by atoms with van der Waals surface area (Å²) in [5.74, 6) is 0.339. The van der Waals surface area contributed by atoms with E-state index < -0.39 is 0 Å². The quantitative estimate of drug-likeness (QED) is 0.375. The van der Waals surface area contributed by atoms with Gasteiger partial charge in [-0.2, -0.15) is 0 Å². The zero-order chi connectivity index (χ0) is 20.9. The van der Waals surface area contributed by atoms with Gasteiger partial charge in [-0.1, -0.05) is 47.1 Å². The lowest BCUT2D eigenvalue weighted by Gasteiger charge is -2.23. The number of halogens is 1. The molecule has 4 rings (SSSR count). The van der Waals surface area contributed by atoms with Crippen LogP contribution in [-0.4, -0.2) is 27.5 Å². The first kappa shape index (κ1) is 20.3. The SMILES string of the molecule is Cc1onc(-c2ccccc2Cl)c1C(=O)N(CCc1cccs1)Cc1cccnc1. The molecule has 0 saturated heterocycles. The first-order valence-electron chi connectivity index (χ1n) is 9.55. The Labute approximate surface area is 183 Å². The maximum absolute atomic E-state index is 13.7. The smallest absolute Gasteiger partial charge is 0.260 e. The standard InChI is InChI=1S/C23H20ClN3O2S/c1-16-21(22(26-29-16)19-8-2-3-9-20(19)24)23(28)27(12-10-18-7-5-13-30-18)15-17-6-4-11-25-14-17/h2-9,11,13-14H,10,12,15H2,1H3. The van der Waals surface area contributed by atoms with Crippen molar-refractivity contribution in [1.29, 1.82) is 0 Å². The van der Waals surface area contributed by atoms with Gasteiger partial charge in [0.1, 0.15) is 17.0 Å². The van der Waals surface area contributed by atoms with Crippen LogP contribution in [-0.2, 0) is 13.0 Å². The summed E-state index contributed by atoms with van der Waals surface area (Å²) < 4.78 is 5.41. The van der Waals surface area contributed by atoms with Gasteiger partial charge >= 0.3 is 0 Å². The summed E-state index contributed by atoms with van der Waals surface area (Å²) in [6, 6.07) is 15.3. The van der Waals surface area contributed by atoms with Gasteiger partial charge in [0.15, 0.2) is 0 Å². The third-order valence-corrected chi connectivity index (χ3v) is 6.06. The summed E-state index contributed by atoms with van der Waals surface area (Å²) in [4.78, 5) is 20.9. The molecule has 30 heavy (non-hydrogen) atoms. The predicted molar refractivity (Wildman–Crippen MR) is 119 cm³/mol. The normalized spacial score (nSPS) is 10.9. The Morgan fingerprint density at radius 1 is 1.17 bits per heavy atom. The fourth-order valence-electron chi connectivity index (χ4n) is 3.28. The third-order valence-electron chi connectivity index (χ3n) is 4.80. The van der Waals surface area contributed by atoms with Gasteiger partial charge in [0.25, 0.3) is 5.91 Å². The molecule has 0 saturated carbocycles. The van der Waals surface area contributed by atoms with Gasteiger partial charge < -0.3 is 9.42 Å². The number of pyridine rings is 1. The molecule has 3 aromatic heterocycles. The van der Waals surface area contributed by atoms with Crippen LogP contribution >= 0.6 is 22.9 Å². The first-order chi connectivity index (χ1) is 14.6. The molecule has 0 aliphatic heterocycles. The van der Waals surface area contributed by atoms with Crippen molar-refractivity contribution in [2.75, 3.05) is 6.54 Å². The average molecular weight is 438 g/mol. The lowest BCUT2D eigenvalue weighted by Crippen LogP contribution is -2.33.